The number of nitrogen functional groups attached to an aromatic ring is 1. The number of benzene rings is 3. The van der Waals surface area contributed by atoms with Crippen LogP contribution in [-0.4, -0.2) is 11.8 Å². The minimum absolute atomic E-state index is 0.308. The number of nitrogens with two attached hydrogens (primary N) is 1. The molecule has 0 spiro atoms. The molecule has 0 saturated carbocycles. The van der Waals surface area contributed by atoms with E-state index in [-0.39, 0.29) is 0 Å². The molecule has 0 fully saturated rings. The lowest BCUT2D eigenvalue weighted by Crippen LogP contribution is -2.29. The van der Waals surface area contributed by atoms with Gasteiger partial charge in [-0.05, 0) is 29.7 Å². The van der Waals surface area contributed by atoms with E-state index in [0.717, 1.165) is 10.8 Å². The van der Waals surface area contributed by atoms with Crippen LogP contribution in [0, 0.1) is 0 Å². The Kier molecular flexibility index (Phi) is 4.35. The number of nitrogens with one attached hydrogen (secondary N) is 2. The van der Waals surface area contributed by atoms with Gasteiger partial charge < -0.3 is 16.4 Å². The van der Waals surface area contributed by atoms with Crippen molar-refractivity contribution in [3.05, 3.63) is 65.7 Å². The predicted octanol–water partition coefficient (Wildman–Crippen LogP) is 3.65. The Morgan fingerprint density at radius 1 is 0.875 bits per heavy atom. The Labute approximate surface area is 143 Å². The molecule has 0 unspecified atom stereocenters. The third kappa shape index (κ3) is 3.31. The molecule has 2 amide bonds. The number of rotatable bonds is 2. The number of carbonyl (C=O) groups is 2. The van der Waals surface area contributed by atoms with Gasteiger partial charge in [0.25, 0.3) is 0 Å². The maximum Gasteiger partial charge on any atom is 0.314 e. The van der Waals surface area contributed by atoms with Crippen molar-refractivity contribution >= 4 is 51.2 Å². The van der Waals surface area contributed by atoms with Gasteiger partial charge in [-0.2, -0.15) is 0 Å². The minimum Gasteiger partial charge on any atom is -0.398 e. The number of carbonyl (C=O) groups excluding carboxylic acids is 2. The lowest BCUT2D eigenvalue weighted by molar-refractivity contribution is -0.132. The molecule has 0 atom stereocenters. The first-order chi connectivity index (χ1) is 11.5. The summed E-state index contributed by atoms with van der Waals surface area (Å²) in [5.41, 5.74) is 6.98. The van der Waals surface area contributed by atoms with E-state index in [0.29, 0.717) is 22.1 Å². The summed E-state index contributed by atoms with van der Waals surface area (Å²) in [4.78, 5) is 24.2. The molecule has 0 aromatic heterocycles. The average Bonchev–Trinajstić information content (AvgIpc) is 2.58. The number of fused-ring (bicyclic) bond motifs is 1. The Morgan fingerprint density at radius 2 is 1.58 bits per heavy atom. The van der Waals surface area contributed by atoms with Crippen molar-refractivity contribution in [3.63, 3.8) is 0 Å². The van der Waals surface area contributed by atoms with Gasteiger partial charge in [0.2, 0.25) is 0 Å². The average molecular weight is 340 g/mol. The van der Waals surface area contributed by atoms with Crippen LogP contribution >= 0.6 is 11.6 Å². The predicted molar refractivity (Wildman–Crippen MR) is 97.1 cm³/mol. The van der Waals surface area contributed by atoms with Gasteiger partial charge in [0, 0.05) is 16.8 Å². The molecule has 0 bridgehead atoms. The fourth-order valence-corrected chi connectivity index (χ4v) is 2.49. The summed E-state index contributed by atoms with van der Waals surface area (Å²) in [6, 6.07) is 17.7. The van der Waals surface area contributed by atoms with Crippen molar-refractivity contribution in [2.75, 3.05) is 16.4 Å². The number of halogens is 1. The molecule has 0 aliphatic heterocycles. The molecule has 3 aromatic carbocycles. The summed E-state index contributed by atoms with van der Waals surface area (Å²) >= 11 is 5.90. The third-order valence-electron chi connectivity index (χ3n) is 3.50. The molecule has 24 heavy (non-hydrogen) atoms. The molecule has 0 aliphatic carbocycles. The zero-order chi connectivity index (χ0) is 17.1. The monoisotopic (exact) mass is 339 g/mol. The first-order valence-electron chi connectivity index (χ1n) is 7.20. The van der Waals surface area contributed by atoms with Gasteiger partial charge in [-0.3, -0.25) is 9.59 Å². The molecule has 0 radical (unpaired) electrons. The zero-order valence-corrected chi connectivity index (χ0v) is 13.3. The fraction of sp³-hybridized carbons (Fsp3) is 0. The molecule has 0 saturated heterocycles. The van der Waals surface area contributed by atoms with Gasteiger partial charge in [-0.1, -0.05) is 48.0 Å². The van der Waals surface area contributed by atoms with Crippen LogP contribution in [0.5, 0.6) is 0 Å². The summed E-state index contributed by atoms with van der Waals surface area (Å²) in [6.07, 6.45) is 0. The van der Waals surface area contributed by atoms with Gasteiger partial charge in [0.1, 0.15) is 0 Å². The van der Waals surface area contributed by atoms with Crippen LogP contribution < -0.4 is 16.4 Å². The second kappa shape index (κ2) is 6.60. The third-order valence-corrected chi connectivity index (χ3v) is 3.83. The summed E-state index contributed by atoms with van der Waals surface area (Å²) in [6.45, 7) is 0. The molecule has 3 aromatic rings. The summed E-state index contributed by atoms with van der Waals surface area (Å²) in [5, 5.41) is 7.25. The van der Waals surface area contributed by atoms with E-state index in [4.69, 9.17) is 17.3 Å². The highest BCUT2D eigenvalue weighted by atomic mass is 35.5. The summed E-state index contributed by atoms with van der Waals surface area (Å²) < 4.78 is 0. The van der Waals surface area contributed by atoms with E-state index >= 15 is 0 Å². The van der Waals surface area contributed by atoms with Crippen LogP contribution in [0.3, 0.4) is 0 Å². The van der Waals surface area contributed by atoms with E-state index in [1.807, 2.05) is 36.4 Å². The summed E-state index contributed by atoms with van der Waals surface area (Å²) in [5.74, 6) is -1.55. The number of hydrogen-bond acceptors (Lipinski definition) is 3. The fourth-order valence-electron chi connectivity index (χ4n) is 2.31. The molecule has 5 nitrogen and oxygen atoms in total. The van der Waals surface area contributed by atoms with Crippen molar-refractivity contribution in [2.24, 2.45) is 0 Å². The quantitative estimate of drug-likeness (QED) is 0.492. The van der Waals surface area contributed by atoms with Gasteiger partial charge in [-0.25, -0.2) is 0 Å². The molecular weight excluding hydrogens is 326 g/mol. The number of amides is 2. The maximum atomic E-state index is 12.1. The van der Waals surface area contributed by atoms with Crippen molar-refractivity contribution in [1.82, 2.24) is 0 Å². The molecule has 6 heteroatoms. The van der Waals surface area contributed by atoms with E-state index in [1.54, 1.807) is 18.2 Å². The molecule has 3 rings (SSSR count). The summed E-state index contributed by atoms with van der Waals surface area (Å²) in [7, 11) is 0. The second-order valence-corrected chi connectivity index (χ2v) is 5.58. The van der Waals surface area contributed by atoms with Crippen LogP contribution in [0.25, 0.3) is 10.8 Å². The van der Waals surface area contributed by atoms with E-state index in [1.165, 1.54) is 6.07 Å². The lowest BCUT2D eigenvalue weighted by atomic mass is 10.1. The van der Waals surface area contributed by atoms with Crippen LogP contribution in [0.4, 0.5) is 17.1 Å². The highest BCUT2D eigenvalue weighted by Gasteiger charge is 2.15. The van der Waals surface area contributed by atoms with Gasteiger partial charge >= 0.3 is 11.8 Å². The Morgan fingerprint density at radius 3 is 2.38 bits per heavy atom. The Bertz CT molecular complexity index is 935. The largest absolute Gasteiger partial charge is 0.398 e. The van der Waals surface area contributed by atoms with Crippen molar-refractivity contribution in [2.45, 2.75) is 0 Å². The highest BCUT2D eigenvalue weighted by molar-refractivity contribution is 6.44. The van der Waals surface area contributed by atoms with Crippen LogP contribution in [-0.2, 0) is 9.59 Å². The topological polar surface area (TPSA) is 84.2 Å². The van der Waals surface area contributed by atoms with Gasteiger partial charge in [0.05, 0.1) is 10.7 Å². The normalized spacial score (nSPS) is 10.4. The van der Waals surface area contributed by atoms with E-state index < -0.39 is 11.8 Å². The molecular formula is C18H14ClN3O2. The van der Waals surface area contributed by atoms with E-state index in [9.17, 15) is 9.59 Å². The number of hydrogen-bond donors (Lipinski definition) is 3. The maximum absolute atomic E-state index is 12.1. The standard InChI is InChI=1S/C18H14ClN3O2/c19-14-10-12(8-9-15(14)20)21-17(23)18(24)22-16-7-3-5-11-4-1-2-6-13(11)16/h1-10H,20H2,(H,21,23)(H,22,24). The van der Waals surface area contributed by atoms with Crippen LogP contribution in [0.1, 0.15) is 0 Å². The minimum atomic E-state index is -0.788. The first kappa shape index (κ1) is 15.8. The van der Waals surface area contributed by atoms with Crippen molar-refractivity contribution in [3.8, 4) is 0 Å². The number of anilines is 3. The molecule has 0 heterocycles. The van der Waals surface area contributed by atoms with Gasteiger partial charge in [-0.15, -0.1) is 0 Å². The van der Waals surface area contributed by atoms with E-state index in [2.05, 4.69) is 10.6 Å². The Hall–Kier alpha value is -3.05. The first-order valence-corrected chi connectivity index (χ1v) is 7.57. The molecule has 0 aliphatic rings. The van der Waals surface area contributed by atoms with Crippen molar-refractivity contribution in [1.29, 1.82) is 0 Å². The molecule has 4 N–H and O–H groups in total. The SMILES string of the molecule is Nc1ccc(NC(=O)C(=O)Nc2cccc3ccccc23)cc1Cl. The zero-order valence-electron chi connectivity index (χ0n) is 12.5. The molecule has 120 valence electrons. The van der Waals surface area contributed by atoms with Crippen LogP contribution in [0.2, 0.25) is 5.02 Å². The second-order valence-electron chi connectivity index (χ2n) is 5.17. The lowest BCUT2D eigenvalue weighted by Gasteiger charge is -2.09. The highest BCUT2D eigenvalue weighted by Crippen LogP contribution is 2.24. The van der Waals surface area contributed by atoms with Crippen molar-refractivity contribution < 1.29 is 9.59 Å². The Balaban J connectivity index is 1.76. The van der Waals surface area contributed by atoms with Crippen LogP contribution in [0.15, 0.2) is 60.7 Å². The van der Waals surface area contributed by atoms with Gasteiger partial charge in [0.15, 0.2) is 0 Å². The smallest absolute Gasteiger partial charge is 0.314 e.